The van der Waals surface area contributed by atoms with E-state index in [0.29, 0.717) is 37.0 Å². The van der Waals surface area contributed by atoms with Crippen LogP contribution in [-0.4, -0.2) is 47.8 Å². The molecule has 1 amide bonds. The van der Waals surface area contributed by atoms with Crippen molar-refractivity contribution in [2.75, 3.05) is 31.7 Å². The molecule has 1 fully saturated rings. The zero-order chi connectivity index (χ0) is 15.2. The van der Waals surface area contributed by atoms with Gasteiger partial charge in [-0.25, -0.2) is 0 Å². The van der Waals surface area contributed by atoms with Crippen LogP contribution in [0.15, 0.2) is 29.4 Å². The van der Waals surface area contributed by atoms with Crippen molar-refractivity contribution in [1.82, 2.24) is 4.90 Å². The Labute approximate surface area is 132 Å². The van der Waals surface area contributed by atoms with Crippen LogP contribution in [0, 0.1) is 0 Å². The number of nitrogens with one attached hydrogen (secondary N) is 1. The predicted octanol–water partition coefficient (Wildman–Crippen LogP) is 1.25. The number of ether oxygens (including phenoxy) is 1. The van der Waals surface area contributed by atoms with Gasteiger partial charge in [-0.05, 0) is 24.3 Å². The van der Waals surface area contributed by atoms with Crippen molar-refractivity contribution in [3.05, 3.63) is 29.3 Å². The van der Waals surface area contributed by atoms with Crippen molar-refractivity contribution in [2.45, 2.75) is 0 Å². The van der Waals surface area contributed by atoms with Gasteiger partial charge in [0.05, 0.1) is 18.9 Å². The number of hydrogen-bond acceptors (Lipinski definition) is 5. The van der Waals surface area contributed by atoms with E-state index in [0.717, 1.165) is 0 Å². The van der Waals surface area contributed by atoms with E-state index in [1.54, 1.807) is 29.2 Å². The number of thiocarbonyl (C=S) groups is 1. The number of nitrogens with two attached hydrogens (primary N) is 1. The van der Waals surface area contributed by atoms with Gasteiger partial charge in [-0.15, -0.1) is 0 Å². The highest BCUT2D eigenvalue weighted by Gasteiger charge is 2.23. The second-order valence-electron chi connectivity index (χ2n) is 4.35. The molecule has 0 aromatic heterocycles. The van der Waals surface area contributed by atoms with E-state index in [1.807, 2.05) is 0 Å². The van der Waals surface area contributed by atoms with Crippen LogP contribution in [0.3, 0.4) is 0 Å². The highest BCUT2D eigenvalue weighted by Crippen LogP contribution is 2.13. The Hall–Kier alpha value is -1.70. The fourth-order valence-electron chi connectivity index (χ4n) is 1.77. The number of amides is 1. The minimum absolute atomic E-state index is 0.0295. The molecule has 0 aliphatic carbocycles. The SMILES string of the molecule is NC(=S)/C(=N/Nc1ccc(Cl)cc1)C(=O)N1CCOCC1. The van der Waals surface area contributed by atoms with Crippen LogP contribution in [0.1, 0.15) is 0 Å². The number of halogens is 1. The smallest absolute Gasteiger partial charge is 0.277 e. The Kier molecular flexibility index (Phi) is 5.49. The standard InChI is InChI=1S/C13H15ClN4O2S/c14-9-1-3-10(4-2-9)16-17-11(12(15)21)13(19)18-5-7-20-8-6-18/h1-4,16H,5-8H2,(H2,15,21)/b17-11-. The number of carbonyl (C=O) groups excluding carboxylic acids is 1. The number of hydrazone groups is 1. The molecule has 3 N–H and O–H groups in total. The largest absolute Gasteiger partial charge is 0.388 e. The van der Waals surface area contributed by atoms with Crippen molar-refractivity contribution < 1.29 is 9.53 Å². The fourth-order valence-corrected chi connectivity index (χ4v) is 2.03. The van der Waals surface area contributed by atoms with E-state index >= 15 is 0 Å². The van der Waals surface area contributed by atoms with Crippen LogP contribution in [0.4, 0.5) is 5.69 Å². The average Bonchev–Trinajstić information content (AvgIpc) is 2.49. The third kappa shape index (κ3) is 4.38. The zero-order valence-corrected chi connectivity index (χ0v) is 12.8. The Bertz CT molecular complexity index is 556. The number of anilines is 1. The maximum atomic E-state index is 12.3. The molecule has 1 aromatic carbocycles. The van der Waals surface area contributed by atoms with Crippen LogP contribution in [0.5, 0.6) is 0 Å². The number of carbonyl (C=O) groups is 1. The first-order chi connectivity index (χ1) is 10.1. The van der Waals surface area contributed by atoms with Crippen molar-refractivity contribution in [3.8, 4) is 0 Å². The molecule has 1 aliphatic rings. The summed E-state index contributed by atoms with van der Waals surface area (Å²) in [6.45, 7) is 2.00. The summed E-state index contributed by atoms with van der Waals surface area (Å²) in [6, 6.07) is 6.90. The number of benzene rings is 1. The molecule has 1 saturated heterocycles. The summed E-state index contributed by atoms with van der Waals surface area (Å²) in [6.07, 6.45) is 0. The molecular weight excluding hydrogens is 312 g/mol. The monoisotopic (exact) mass is 326 g/mol. The Balaban J connectivity index is 2.10. The van der Waals surface area contributed by atoms with Gasteiger partial charge in [0.2, 0.25) is 0 Å². The fraction of sp³-hybridized carbons (Fsp3) is 0.308. The molecule has 1 heterocycles. The molecular formula is C13H15ClN4O2S. The van der Waals surface area contributed by atoms with Gasteiger partial charge in [-0.1, -0.05) is 23.8 Å². The summed E-state index contributed by atoms with van der Waals surface area (Å²) in [7, 11) is 0. The second-order valence-corrected chi connectivity index (χ2v) is 5.22. The normalized spacial score (nSPS) is 15.7. The van der Waals surface area contributed by atoms with Gasteiger partial charge in [-0.2, -0.15) is 5.10 Å². The van der Waals surface area contributed by atoms with Crippen molar-refractivity contribution in [1.29, 1.82) is 0 Å². The van der Waals surface area contributed by atoms with E-state index in [2.05, 4.69) is 10.5 Å². The molecule has 2 rings (SSSR count). The Morgan fingerprint density at radius 3 is 2.52 bits per heavy atom. The van der Waals surface area contributed by atoms with Gasteiger partial charge in [-0.3, -0.25) is 10.2 Å². The van der Waals surface area contributed by atoms with Crippen molar-refractivity contribution in [2.24, 2.45) is 10.8 Å². The van der Waals surface area contributed by atoms with Crippen LogP contribution < -0.4 is 11.2 Å². The van der Waals surface area contributed by atoms with Gasteiger partial charge in [0.1, 0.15) is 4.99 Å². The lowest BCUT2D eigenvalue weighted by Crippen LogP contribution is -2.47. The lowest BCUT2D eigenvalue weighted by Gasteiger charge is -2.26. The number of nitrogens with zero attached hydrogens (tertiary/aromatic N) is 2. The second kappa shape index (κ2) is 7.35. The first-order valence-electron chi connectivity index (χ1n) is 6.34. The molecule has 0 radical (unpaired) electrons. The molecule has 1 aromatic rings. The highest BCUT2D eigenvalue weighted by molar-refractivity contribution is 7.82. The molecule has 8 heteroatoms. The summed E-state index contributed by atoms with van der Waals surface area (Å²) in [5, 5.41) is 4.64. The summed E-state index contributed by atoms with van der Waals surface area (Å²) >= 11 is 10.7. The lowest BCUT2D eigenvalue weighted by atomic mass is 10.3. The number of hydrogen-bond donors (Lipinski definition) is 2. The van der Waals surface area contributed by atoms with E-state index in [4.69, 9.17) is 34.3 Å². The molecule has 0 atom stereocenters. The molecule has 1 aliphatic heterocycles. The van der Waals surface area contributed by atoms with Crippen LogP contribution in [0.2, 0.25) is 5.02 Å². The van der Waals surface area contributed by atoms with E-state index in [-0.39, 0.29) is 16.6 Å². The minimum Gasteiger partial charge on any atom is -0.388 e. The van der Waals surface area contributed by atoms with Crippen molar-refractivity contribution in [3.63, 3.8) is 0 Å². The molecule has 112 valence electrons. The first kappa shape index (κ1) is 15.7. The van der Waals surface area contributed by atoms with Gasteiger partial charge in [0.25, 0.3) is 5.91 Å². The zero-order valence-electron chi connectivity index (χ0n) is 11.2. The third-order valence-electron chi connectivity index (χ3n) is 2.88. The molecule has 0 saturated carbocycles. The summed E-state index contributed by atoms with van der Waals surface area (Å²) < 4.78 is 5.20. The molecule has 6 nitrogen and oxygen atoms in total. The average molecular weight is 327 g/mol. The van der Waals surface area contributed by atoms with E-state index in [1.165, 1.54) is 0 Å². The van der Waals surface area contributed by atoms with E-state index < -0.39 is 0 Å². The highest BCUT2D eigenvalue weighted by atomic mass is 35.5. The molecule has 21 heavy (non-hydrogen) atoms. The summed E-state index contributed by atoms with van der Waals surface area (Å²) in [5.74, 6) is -0.299. The van der Waals surface area contributed by atoms with Gasteiger partial charge in [0, 0.05) is 18.1 Å². The maximum absolute atomic E-state index is 12.3. The molecule has 0 spiro atoms. The quantitative estimate of drug-likeness (QED) is 0.494. The summed E-state index contributed by atoms with van der Waals surface area (Å²) in [4.78, 5) is 13.9. The molecule has 0 unspecified atom stereocenters. The lowest BCUT2D eigenvalue weighted by molar-refractivity contribution is -0.127. The topological polar surface area (TPSA) is 79.9 Å². The maximum Gasteiger partial charge on any atom is 0.277 e. The first-order valence-corrected chi connectivity index (χ1v) is 7.12. The third-order valence-corrected chi connectivity index (χ3v) is 3.32. The Morgan fingerprint density at radius 2 is 1.95 bits per heavy atom. The number of rotatable bonds is 4. The van der Waals surface area contributed by atoms with Crippen LogP contribution in [0.25, 0.3) is 0 Å². The van der Waals surface area contributed by atoms with Gasteiger partial charge < -0.3 is 15.4 Å². The number of morpholine rings is 1. The van der Waals surface area contributed by atoms with Crippen LogP contribution >= 0.6 is 23.8 Å². The van der Waals surface area contributed by atoms with E-state index in [9.17, 15) is 4.79 Å². The van der Waals surface area contributed by atoms with Crippen LogP contribution in [-0.2, 0) is 9.53 Å². The van der Waals surface area contributed by atoms with Gasteiger partial charge in [0.15, 0.2) is 5.71 Å². The Morgan fingerprint density at radius 1 is 1.33 bits per heavy atom. The predicted molar refractivity (Wildman–Crippen MR) is 86.7 cm³/mol. The van der Waals surface area contributed by atoms with Gasteiger partial charge >= 0.3 is 0 Å². The van der Waals surface area contributed by atoms with Crippen molar-refractivity contribution >= 4 is 46.1 Å². The molecule has 0 bridgehead atoms. The summed E-state index contributed by atoms with van der Waals surface area (Å²) in [5.41, 5.74) is 9.06. The minimum atomic E-state index is -0.299.